The van der Waals surface area contributed by atoms with Crippen LogP contribution in [0.15, 0.2) is 11.4 Å². The zero-order chi connectivity index (χ0) is 34.5. The Balaban J connectivity index is 2.60. The normalized spacial score (nSPS) is 12.4. The van der Waals surface area contributed by atoms with Gasteiger partial charge in [0.2, 0.25) is 0 Å². The molecule has 0 amide bonds. The Bertz CT molecular complexity index is 773. The smallest absolute Gasteiger partial charge is 0.319 e. The topological polar surface area (TPSA) is 18.5 Å². The molecular weight excluding hydrogens is 591 g/mol. The molecule has 0 radical (unpaired) electrons. The molecule has 0 aliphatic heterocycles. The van der Waals surface area contributed by atoms with Gasteiger partial charge in [-0.3, -0.25) is 0 Å². The average molecular weight is 675 g/mol. The Labute approximate surface area is 301 Å². The molecule has 0 unspecified atom stereocenters. The molecule has 1 heterocycles. The van der Waals surface area contributed by atoms with Crippen LogP contribution in [0, 0.1) is 5.92 Å². The third-order valence-electron chi connectivity index (χ3n) is 11.0. The lowest BCUT2D eigenvalue weighted by Gasteiger charge is -2.36. The second kappa shape index (κ2) is 29.4. The second-order valence-corrected chi connectivity index (χ2v) is 16.7. The standard InChI is InChI=1S/C43H83BO2S/c1-8-11-13-15-17-19-21-23-25-27-29-31-33-36-43(45-10-3,40-35-38-47-41(40)44-46-42(6,7)39(4)5)37-34-32-30-28-26-24-22-20-18-16-14-12-9-2/h35,38-39,44H,8-34,36-37H2,1-7H3. The molecule has 1 aromatic rings. The maximum Gasteiger partial charge on any atom is 0.319 e. The van der Waals surface area contributed by atoms with E-state index in [9.17, 15) is 0 Å². The van der Waals surface area contributed by atoms with E-state index in [-0.39, 0.29) is 11.2 Å². The highest BCUT2D eigenvalue weighted by Gasteiger charge is 2.35. The van der Waals surface area contributed by atoms with Crippen LogP contribution in [0.1, 0.15) is 234 Å². The van der Waals surface area contributed by atoms with Crippen molar-refractivity contribution in [1.82, 2.24) is 0 Å². The minimum Gasteiger partial charge on any atom is -0.429 e. The Hall–Kier alpha value is -0.315. The van der Waals surface area contributed by atoms with Crippen LogP contribution in [-0.2, 0) is 15.0 Å². The molecule has 0 spiro atoms. The van der Waals surface area contributed by atoms with Gasteiger partial charge in [0, 0.05) is 17.0 Å². The fourth-order valence-electron chi connectivity index (χ4n) is 7.03. The Kier molecular flexibility index (Phi) is 28.0. The van der Waals surface area contributed by atoms with E-state index < -0.39 is 0 Å². The van der Waals surface area contributed by atoms with Crippen molar-refractivity contribution in [1.29, 1.82) is 0 Å². The molecule has 1 rings (SSSR count). The highest BCUT2D eigenvalue weighted by Crippen LogP contribution is 2.38. The SMILES string of the molecule is CCCCCCCCCCCCCCCC(CCCCCCCCCCCCCCC)(OCC)c1ccsc1BOC(C)(C)C(C)C. The van der Waals surface area contributed by atoms with Crippen LogP contribution in [0.5, 0.6) is 0 Å². The lowest BCUT2D eigenvalue weighted by molar-refractivity contribution is -0.0598. The molecule has 0 saturated carbocycles. The highest BCUT2D eigenvalue weighted by molar-refractivity contribution is 7.19. The van der Waals surface area contributed by atoms with E-state index in [1.165, 1.54) is 177 Å². The third-order valence-corrected chi connectivity index (χ3v) is 11.9. The molecular formula is C43H83BO2S. The van der Waals surface area contributed by atoms with Crippen LogP contribution in [0.4, 0.5) is 0 Å². The molecule has 0 aliphatic carbocycles. The predicted octanol–water partition coefficient (Wildman–Crippen LogP) is 14.4. The lowest BCUT2D eigenvalue weighted by atomic mass is 9.78. The minimum atomic E-state index is -0.162. The van der Waals surface area contributed by atoms with Gasteiger partial charge >= 0.3 is 7.48 Å². The van der Waals surface area contributed by atoms with Gasteiger partial charge in [0.1, 0.15) is 0 Å². The lowest BCUT2D eigenvalue weighted by Crippen LogP contribution is -2.40. The molecule has 0 fully saturated rings. The fraction of sp³-hybridized carbons (Fsp3) is 0.907. The molecule has 1 aromatic heterocycles. The first-order chi connectivity index (χ1) is 22.8. The largest absolute Gasteiger partial charge is 0.429 e. The van der Waals surface area contributed by atoms with Gasteiger partial charge in [-0.1, -0.05) is 195 Å². The van der Waals surface area contributed by atoms with Gasteiger partial charge in [-0.25, -0.2) is 0 Å². The number of thiophene rings is 1. The summed E-state index contributed by atoms with van der Waals surface area (Å²) in [6.07, 6.45) is 38.7. The van der Waals surface area contributed by atoms with E-state index in [4.69, 9.17) is 9.39 Å². The van der Waals surface area contributed by atoms with Gasteiger partial charge in [-0.15, -0.1) is 0 Å². The molecule has 0 saturated heterocycles. The minimum absolute atomic E-state index is 0.125. The Morgan fingerprint density at radius 1 is 0.574 bits per heavy atom. The summed E-state index contributed by atoms with van der Waals surface area (Å²) >= 11 is 1.87. The Morgan fingerprint density at radius 2 is 0.936 bits per heavy atom. The fourth-order valence-corrected chi connectivity index (χ4v) is 7.90. The summed E-state index contributed by atoms with van der Waals surface area (Å²) in [6.45, 7) is 16.6. The van der Waals surface area contributed by atoms with Crippen LogP contribution in [0.3, 0.4) is 0 Å². The van der Waals surface area contributed by atoms with Gasteiger partial charge in [-0.2, -0.15) is 11.3 Å². The predicted molar refractivity (Wildman–Crippen MR) is 215 cm³/mol. The zero-order valence-electron chi connectivity index (χ0n) is 33.2. The van der Waals surface area contributed by atoms with Crippen molar-refractivity contribution in [3.63, 3.8) is 0 Å². The first-order valence-electron chi connectivity index (χ1n) is 21.2. The van der Waals surface area contributed by atoms with Gasteiger partial charge < -0.3 is 9.39 Å². The third kappa shape index (κ3) is 21.5. The van der Waals surface area contributed by atoms with Gasteiger partial charge in [-0.05, 0) is 56.5 Å². The van der Waals surface area contributed by atoms with Crippen LogP contribution < -0.4 is 4.78 Å². The monoisotopic (exact) mass is 675 g/mol. The van der Waals surface area contributed by atoms with Crippen LogP contribution in [-0.4, -0.2) is 19.7 Å². The highest BCUT2D eigenvalue weighted by atomic mass is 32.1. The van der Waals surface area contributed by atoms with E-state index >= 15 is 0 Å². The molecule has 2 nitrogen and oxygen atoms in total. The summed E-state index contributed by atoms with van der Waals surface area (Å²) < 4.78 is 14.8. The summed E-state index contributed by atoms with van der Waals surface area (Å²) in [5, 5.41) is 2.29. The maximum atomic E-state index is 6.86. The summed E-state index contributed by atoms with van der Waals surface area (Å²) in [5.41, 5.74) is 1.15. The average Bonchev–Trinajstić information content (AvgIpc) is 3.54. The van der Waals surface area contributed by atoms with Crippen LogP contribution >= 0.6 is 11.3 Å². The van der Waals surface area contributed by atoms with E-state index in [1.807, 2.05) is 11.3 Å². The number of hydrogen-bond donors (Lipinski definition) is 0. The van der Waals surface area contributed by atoms with Crippen LogP contribution in [0.2, 0.25) is 0 Å². The molecule has 4 heteroatoms. The molecule has 0 aliphatic rings. The summed E-state index contributed by atoms with van der Waals surface area (Å²) in [4.78, 5) is 0. The Morgan fingerprint density at radius 3 is 1.28 bits per heavy atom. The molecule has 0 N–H and O–H groups in total. The molecule has 47 heavy (non-hydrogen) atoms. The quantitative estimate of drug-likeness (QED) is 0.0527. The molecule has 0 atom stereocenters. The van der Waals surface area contributed by atoms with Crippen LogP contribution in [0.25, 0.3) is 0 Å². The summed E-state index contributed by atoms with van der Waals surface area (Å²) in [5.74, 6) is 0.485. The maximum absolute atomic E-state index is 6.86. The van der Waals surface area contributed by atoms with E-state index in [0.717, 1.165) is 19.4 Å². The van der Waals surface area contributed by atoms with Crippen molar-refractivity contribution in [2.75, 3.05) is 6.61 Å². The van der Waals surface area contributed by atoms with Crippen molar-refractivity contribution in [3.05, 3.63) is 17.0 Å². The van der Waals surface area contributed by atoms with Gasteiger partial charge in [0.25, 0.3) is 0 Å². The number of hydrogen-bond acceptors (Lipinski definition) is 3. The number of unbranched alkanes of at least 4 members (excludes halogenated alkanes) is 24. The van der Waals surface area contributed by atoms with Crippen molar-refractivity contribution in [2.24, 2.45) is 5.92 Å². The van der Waals surface area contributed by atoms with E-state index in [2.05, 4.69) is 59.9 Å². The first kappa shape index (κ1) is 44.7. The zero-order valence-corrected chi connectivity index (χ0v) is 34.0. The first-order valence-corrected chi connectivity index (χ1v) is 22.1. The van der Waals surface area contributed by atoms with Crippen molar-refractivity contribution >= 4 is 23.6 Å². The number of rotatable bonds is 35. The summed E-state index contributed by atoms with van der Waals surface area (Å²) in [7, 11) is 0.699. The molecule has 0 aromatic carbocycles. The van der Waals surface area contributed by atoms with Gasteiger partial charge in [0.15, 0.2) is 0 Å². The number of ether oxygens (including phenoxy) is 1. The molecule has 276 valence electrons. The van der Waals surface area contributed by atoms with E-state index in [0.29, 0.717) is 13.4 Å². The second-order valence-electron chi connectivity index (χ2n) is 15.7. The molecule has 0 bridgehead atoms. The van der Waals surface area contributed by atoms with Crippen molar-refractivity contribution in [2.45, 2.75) is 239 Å². The van der Waals surface area contributed by atoms with E-state index in [1.54, 1.807) is 0 Å². The van der Waals surface area contributed by atoms with Gasteiger partial charge in [0.05, 0.1) is 5.60 Å². The summed E-state index contributed by atoms with van der Waals surface area (Å²) in [6, 6.07) is 2.38. The van der Waals surface area contributed by atoms with Crippen molar-refractivity contribution in [3.8, 4) is 0 Å². The van der Waals surface area contributed by atoms with Crippen molar-refractivity contribution < 1.29 is 9.39 Å².